The monoisotopic (exact) mass is 532 g/mol. The number of para-hydroxylation sites is 2. The van der Waals surface area contributed by atoms with E-state index in [4.69, 9.17) is 9.47 Å². The van der Waals surface area contributed by atoms with E-state index in [1.165, 1.54) is 11.9 Å². The summed E-state index contributed by atoms with van der Waals surface area (Å²) in [7, 11) is 3.11. The standard InChI is InChI=1S/C30H36N4O5/c1-19(33(5)29(37)39-30(2,3)4)27(35)32-24-17-31-23-13-9-10-14-25(23)34(28(24)36)18-22-21-12-8-7-11-20(21)15-16-26(22)38-6/h7-16,19,24,31H,17-18H2,1-6H3,(H,32,35)/t19-,24-/m0/s1. The zero-order chi connectivity index (χ0) is 28.3. The lowest BCUT2D eigenvalue weighted by atomic mass is 10.0. The number of benzene rings is 3. The van der Waals surface area contributed by atoms with Crippen molar-refractivity contribution in [3.05, 3.63) is 66.2 Å². The van der Waals surface area contributed by atoms with Gasteiger partial charge in [0.1, 0.15) is 23.4 Å². The van der Waals surface area contributed by atoms with Gasteiger partial charge in [0.2, 0.25) is 5.91 Å². The average molecular weight is 533 g/mol. The van der Waals surface area contributed by atoms with E-state index in [0.29, 0.717) is 11.4 Å². The Hall–Kier alpha value is -4.27. The summed E-state index contributed by atoms with van der Waals surface area (Å²) in [5.41, 5.74) is 1.65. The van der Waals surface area contributed by atoms with Crippen molar-refractivity contribution in [2.75, 3.05) is 30.9 Å². The van der Waals surface area contributed by atoms with Crippen molar-refractivity contribution in [3.63, 3.8) is 0 Å². The van der Waals surface area contributed by atoms with Gasteiger partial charge in [0.05, 0.1) is 25.0 Å². The van der Waals surface area contributed by atoms with E-state index < -0.39 is 29.7 Å². The van der Waals surface area contributed by atoms with E-state index >= 15 is 0 Å². The normalized spacial score (nSPS) is 16.0. The van der Waals surface area contributed by atoms with Crippen LogP contribution in [0.3, 0.4) is 0 Å². The Morgan fingerprint density at radius 3 is 2.51 bits per heavy atom. The molecule has 0 saturated carbocycles. The molecule has 0 unspecified atom stereocenters. The van der Waals surface area contributed by atoms with Gasteiger partial charge in [-0.05, 0) is 56.7 Å². The number of ether oxygens (including phenoxy) is 2. The maximum atomic E-state index is 14.0. The molecule has 2 N–H and O–H groups in total. The molecular weight excluding hydrogens is 496 g/mol. The Balaban J connectivity index is 1.63. The second-order valence-electron chi connectivity index (χ2n) is 10.6. The van der Waals surface area contributed by atoms with Crippen LogP contribution in [0.4, 0.5) is 16.2 Å². The largest absolute Gasteiger partial charge is 0.496 e. The molecule has 2 atom stereocenters. The summed E-state index contributed by atoms with van der Waals surface area (Å²) in [5, 5.41) is 8.16. The molecule has 0 saturated heterocycles. The minimum atomic E-state index is -0.875. The number of methoxy groups -OCH3 is 1. The Labute approximate surface area is 229 Å². The fourth-order valence-corrected chi connectivity index (χ4v) is 4.53. The summed E-state index contributed by atoms with van der Waals surface area (Å²) < 4.78 is 11.1. The molecule has 0 radical (unpaired) electrons. The van der Waals surface area contributed by atoms with E-state index in [2.05, 4.69) is 10.6 Å². The summed E-state index contributed by atoms with van der Waals surface area (Å²) >= 11 is 0. The smallest absolute Gasteiger partial charge is 0.410 e. The van der Waals surface area contributed by atoms with E-state index in [1.54, 1.807) is 39.7 Å². The minimum Gasteiger partial charge on any atom is -0.496 e. The van der Waals surface area contributed by atoms with Gasteiger partial charge in [-0.1, -0.05) is 42.5 Å². The van der Waals surface area contributed by atoms with Gasteiger partial charge in [-0.2, -0.15) is 0 Å². The third-order valence-electron chi connectivity index (χ3n) is 6.75. The Bertz CT molecular complexity index is 1380. The van der Waals surface area contributed by atoms with Crippen LogP contribution in [0.1, 0.15) is 33.3 Å². The highest BCUT2D eigenvalue weighted by atomic mass is 16.6. The highest BCUT2D eigenvalue weighted by molar-refractivity contribution is 6.04. The zero-order valence-electron chi connectivity index (χ0n) is 23.3. The minimum absolute atomic E-state index is 0.188. The molecule has 1 aliphatic rings. The second kappa shape index (κ2) is 11.2. The Kier molecular flexibility index (Phi) is 7.99. The summed E-state index contributed by atoms with van der Waals surface area (Å²) in [6.45, 7) is 7.31. The van der Waals surface area contributed by atoms with Crippen LogP contribution in [0.2, 0.25) is 0 Å². The number of fused-ring (bicyclic) bond motifs is 2. The molecule has 0 aliphatic carbocycles. The molecule has 39 heavy (non-hydrogen) atoms. The predicted molar refractivity (Wildman–Crippen MR) is 152 cm³/mol. The first-order valence-electron chi connectivity index (χ1n) is 12.9. The number of nitrogens with zero attached hydrogens (tertiary/aromatic N) is 2. The molecule has 0 aromatic heterocycles. The van der Waals surface area contributed by atoms with Crippen molar-refractivity contribution in [1.29, 1.82) is 0 Å². The first-order valence-corrected chi connectivity index (χ1v) is 12.9. The van der Waals surface area contributed by atoms with Gasteiger partial charge >= 0.3 is 6.09 Å². The molecule has 1 aliphatic heterocycles. The number of rotatable bonds is 6. The molecule has 0 spiro atoms. The van der Waals surface area contributed by atoms with Crippen molar-refractivity contribution < 1.29 is 23.9 Å². The van der Waals surface area contributed by atoms with E-state index in [9.17, 15) is 14.4 Å². The quantitative estimate of drug-likeness (QED) is 0.483. The third-order valence-corrected chi connectivity index (χ3v) is 6.75. The Morgan fingerprint density at radius 2 is 1.79 bits per heavy atom. The molecule has 206 valence electrons. The van der Waals surface area contributed by atoms with Crippen molar-refractivity contribution in [2.24, 2.45) is 0 Å². The Morgan fingerprint density at radius 1 is 1.10 bits per heavy atom. The molecule has 9 heteroatoms. The molecule has 3 aromatic rings. The highest BCUT2D eigenvalue weighted by Crippen LogP contribution is 2.34. The molecule has 1 heterocycles. The first-order chi connectivity index (χ1) is 18.5. The van der Waals surface area contributed by atoms with Gasteiger partial charge in [-0.15, -0.1) is 0 Å². The second-order valence-corrected chi connectivity index (χ2v) is 10.6. The molecule has 3 amide bonds. The molecule has 4 rings (SSSR count). The summed E-state index contributed by atoms with van der Waals surface area (Å²) in [6, 6.07) is 17.6. The topological polar surface area (TPSA) is 100 Å². The van der Waals surface area contributed by atoms with Crippen LogP contribution in [0.5, 0.6) is 5.75 Å². The lowest BCUT2D eigenvalue weighted by Gasteiger charge is -2.30. The predicted octanol–water partition coefficient (Wildman–Crippen LogP) is 4.55. The van der Waals surface area contributed by atoms with Crippen LogP contribution in [0.25, 0.3) is 10.8 Å². The SMILES string of the molecule is COc1ccc2ccccc2c1CN1C(=O)[C@@H](NC(=O)[C@H](C)N(C)C(=O)OC(C)(C)C)CNc2ccccc21. The number of carbonyl (C=O) groups is 3. The number of hydrogen-bond acceptors (Lipinski definition) is 6. The van der Waals surface area contributed by atoms with Crippen molar-refractivity contribution in [1.82, 2.24) is 10.2 Å². The summed E-state index contributed by atoms with van der Waals surface area (Å²) in [5.74, 6) is -0.0653. The number of hydrogen-bond donors (Lipinski definition) is 2. The zero-order valence-corrected chi connectivity index (χ0v) is 23.3. The van der Waals surface area contributed by atoms with Gasteiger partial charge in [-0.3, -0.25) is 14.5 Å². The fourth-order valence-electron chi connectivity index (χ4n) is 4.53. The first kappa shape index (κ1) is 27.8. The van der Waals surface area contributed by atoms with Crippen LogP contribution in [0.15, 0.2) is 60.7 Å². The van der Waals surface area contributed by atoms with Gasteiger partial charge < -0.3 is 25.0 Å². The van der Waals surface area contributed by atoms with Crippen molar-refractivity contribution >= 4 is 40.1 Å². The fraction of sp³-hybridized carbons (Fsp3) is 0.367. The van der Waals surface area contributed by atoms with Gasteiger partial charge in [0.25, 0.3) is 5.91 Å². The van der Waals surface area contributed by atoms with Crippen LogP contribution in [0, 0.1) is 0 Å². The summed E-state index contributed by atoms with van der Waals surface area (Å²) in [6.07, 6.45) is -0.618. The molecule has 0 fully saturated rings. The lowest BCUT2D eigenvalue weighted by Crippen LogP contribution is -2.55. The summed E-state index contributed by atoms with van der Waals surface area (Å²) in [4.78, 5) is 42.6. The van der Waals surface area contributed by atoms with Crippen LogP contribution in [-0.2, 0) is 20.9 Å². The maximum absolute atomic E-state index is 14.0. The van der Waals surface area contributed by atoms with Gasteiger partial charge in [0.15, 0.2) is 0 Å². The van der Waals surface area contributed by atoms with Crippen molar-refractivity contribution in [3.8, 4) is 5.75 Å². The van der Waals surface area contributed by atoms with E-state index in [0.717, 1.165) is 22.0 Å². The molecule has 0 bridgehead atoms. The van der Waals surface area contributed by atoms with Gasteiger partial charge in [0, 0.05) is 19.2 Å². The molecule has 9 nitrogen and oxygen atoms in total. The third kappa shape index (κ3) is 6.08. The maximum Gasteiger partial charge on any atom is 0.410 e. The lowest BCUT2D eigenvalue weighted by molar-refractivity contribution is -0.130. The number of likely N-dealkylation sites (N-methyl/N-ethyl adjacent to an activating group) is 1. The highest BCUT2D eigenvalue weighted by Gasteiger charge is 2.35. The number of amides is 3. The van der Waals surface area contributed by atoms with Crippen molar-refractivity contribution in [2.45, 2.75) is 51.9 Å². The van der Waals surface area contributed by atoms with E-state index in [1.807, 2.05) is 60.7 Å². The van der Waals surface area contributed by atoms with Crippen LogP contribution >= 0.6 is 0 Å². The molecular formula is C30H36N4O5. The van der Waals surface area contributed by atoms with Gasteiger partial charge in [-0.25, -0.2) is 4.79 Å². The number of nitrogens with one attached hydrogen (secondary N) is 2. The number of carbonyl (C=O) groups excluding carboxylic acids is 3. The van der Waals surface area contributed by atoms with Crippen LogP contribution < -0.4 is 20.3 Å². The molecule has 3 aromatic carbocycles. The van der Waals surface area contributed by atoms with E-state index in [-0.39, 0.29) is 19.0 Å². The van der Waals surface area contributed by atoms with Crippen LogP contribution in [-0.4, -0.2) is 61.2 Å². The number of anilines is 2. The average Bonchev–Trinajstić information content (AvgIpc) is 3.03.